The van der Waals surface area contributed by atoms with Gasteiger partial charge in [0, 0.05) is 0 Å². The number of aliphatic hydroxyl groups excluding tert-OH is 1. The van der Waals surface area contributed by atoms with Gasteiger partial charge in [-0.2, -0.15) is 0 Å². The van der Waals surface area contributed by atoms with Gasteiger partial charge in [0.2, 0.25) is 0 Å². The predicted molar refractivity (Wildman–Crippen MR) is 54.3 cm³/mol. The van der Waals surface area contributed by atoms with Crippen molar-refractivity contribution in [2.45, 2.75) is 32.4 Å². The van der Waals surface area contributed by atoms with E-state index in [1.54, 1.807) is 0 Å². The highest BCUT2D eigenvalue weighted by molar-refractivity contribution is 5.28. The number of nitrogens with two attached hydrogens (primary N) is 1. The normalized spacial score (nSPS) is 14.2. The molecule has 0 radical (unpaired) electrons. The van der Waals surface area contributed by atoms with Crippen LogP contribution in [0.4, 0.5) is 0 Å². The lowest BCUT2D eigenvalue weighted by atomic mass is 9.86. The molecule has 0 heterocycles. The minimum atomic E-state index is -0.867. The van der Waals surface area contributed by atoms with Crippen molar-refractivity contribution in [3.05, 3.63) is 35.4 Å². The maximum Gasteiger partial charge on any atom is 0.128 e. The summed E-state index contributed by atoms with van der Waals surface area (Å²) in [6.45, 7) is 6.46. The first kappa shape index (κ1) is 10.2. The van der Waals surface area contributed by atoms with E-state index in [-0.39, 0.29) is 5.41 Å². The second-order valence-electron chi connectivity index (χ2n) is 4.32. The fraction of sp³-hybridized carbons (Fsp3) is 0.455. The lowest BCUT2D eigenvalue weighted by Crippen LogP contribution is -2.12. The molecule has 3 N–H and O–H groups in total. The third-order valence-electron chi connectivity index (χ3n) is 2.12. The average Bonchev–Trinajstić information content (AvgIpc) is 2.03. The van der Waals surface area contributed by atoms with Crippen LogP contribution in [0.1, 0.15) is 38.1 Å². The molecule has 13 heavy (non-hydrogen) atoms. The lowest BCUT2D eigenvalue weighted by molar-refractivity contribution is 0.186. The molecule has 1 unspecified atom stereocenters. The van der Waals surface area contributed by atoms with Gasteiger partial charge in [0.25, 0.3) is 0 Å². The van der Waals surface area contributed by atoms with Gasteiger partial charge >= 0.3 is 0 Å². The first-order valence-electron chi connectivity index (χ1n) is 4.45. The Balaban J connectivity index is 2.94. The van der Waals surface area contributed by atoms with E-state index >= 15 is 0 Å². The van der Waals surface area contributed by atoms with Gasteiger partial charge in [-0.05, 0) is 16.5 Å². The standard InChI is InChI=1S/C11H17NO/c1-11(2,3)9-6-4-8(5-7-9)10(12)13/h4-7,10,13H,12H2,1-3H3. The van der Waals surface area contributed by atoms with Crippen molar-refractivity contribution in [3.63, 3.8) is 0 Å². The van der Waals surface area contributed by atoms with E-state index in [0.717, 1.165) is 5.56 Å². The first-order chi connectivity index (χ1) is 5.91. The third-order valence-corrected chi connectivity index (χ3v) is 2.12. The Morgan fingerprint density at radius 3 is 1.92 bits per heavy atom. The van der Waals surface area contributed by atoms with E-state index < -0.39 is 6.23 Å². The van der Waals surface area contributed by atoms with Gasteiger partial charge in [0.15, 0.2) is 0 Å². The van der Waals surface area contributed by atoms with Crippen LogP contribution in [0, 0.1) is 0 Å². The number of hydrogen-bond acceptors (Lipinski definition) is 2. The van der Waals surface area contributed by atoms with Gasteiger partial charge in [-0.1, -0.05) is 45.0 Å². The van der Waals surface area contributed by atoms with E-state index in [9.17, 15) is 0 Å². The van der Waals surface area contributed by atoms with Crippen molar-refractivity contribution in [3.8, 4) is 0 Å². The van der Waals surface area contributed by atoms with Gasteiger partial charge in [-0.15, -0.1) is 0 Å². The molecule has 0 aromatic heterocycles. The zero-order valence-corrected chi connectivity index (χ0v) is 8.41. The fourth-order valence-electron chi connectivity index (χ4n) is 1.18. The predicted octanol–water partition coefficient (Wildman–Crippen LogP) is 1.93. The Bertz CT molecular complexity index is 269. The molecular formula is C11H17NO. The summed E-state index contributed by atoms with van der Waals surface area (Å²) in [5, 5.41) is 9.10. The minimum Gasteiger partial charge on any atom is -0.375 e. The van der Waals surface area contributed by atoms with E-state index in [2.05, 4.69) is 20.8 Å². The zero-order valence-electron chi connectivity index (χ0n) is 8.41. The largest absolute Gasteiger partial charge is 0.375 e. The highest BCUT2D eigenvalue weighted by atomic mass is 16.3. The average molecular weight is 179 g/mol. The summed E-state index contributed by atoms with van der Waals surface area (Å²) in [4.78, 5) is 0. The van der Waals surface area contributed by atoms with Crippen LogP contribution in [0.15, 0.2) is 24.3 Å². The Morgan fingerprint density at radius 1 is 1.15 bits per heavy atom. The molecule has 72 valence electrons. The zero-order chi connectivity index (χ0) is 10.1. The second-order valence-corrected chi connectivity index (χ2v) is 4.32. The molecule has 0 spiro atoms. The van der Waals surface area contributed by atoms with Crippen molar-refractivity contribution < 1.29 is 5.11 Å². The van der Waals surface area contributed by atoms with E-state index in [1.165, 1.54) is 5.56 Å². The fourth-order valence-corrected chi connectivity index (χ4v) is 1.18. The molecule has 0 aliphatic heterocycles. The summed E-state index contributed by atoms with van der Waals surface area (Å²) in [5.41, 5.74) is 7.48. The van der Waals surface area contributed by atoms with Crippen LogP contribution in [-0.4, -0.2) is 5.11 Å². The van der Waals surface area contributed by atoms with Crippen LogP contribution in [0.5, 0.6) is 0 Å². The van der Waals surface area contributed by atoms with Crippen molar-refractivity contribution in [1.29, 1.82) is 0 Å². The van der Waals surface area contributed by atoms with Crippen molar-refractivity contribution >= 4 is 0 Å². The van der Waals surface area contributed by atoms with Crippen molar-refractivity contribution in [1.82, 2.24) is 0 Å². The molecule has 0 aliphatic carbocycles. The maximum absolute atomic E-state index is 9.10. The second kappa shape index (κ2) is 3.48. The molecule has 0 aliphatic rings. The Morgan fingerprint density at radius 2 is 1.62 bits per heavy atom. The van der Waals surface area contributed by atoms with Gasteiger partial charge in [0.1, 0.15) is 6.23 Å². The molecule has 1 aromatic rings. The van der Waals surface area contributed by atoms with Gasteiger partial charge in [-0.25, -0.2) is 0 Å². The summed E-state index contributed by atoms with van der Waals surface area (Å²) < 4.78 is 0. The van der Waals surface area contributed by atoms with Gasteiger partial charge in [-0.3, -0.25) is 0 Å². The summed E-state index contributed by atoms with van der Waals surface area (Å²) in [5.74, 6) is 0. The third kappa shape index (κ3) is 2.54. The number of hydrogen-bond donors (Lipinski definition) is 2. The van der Waals surface area contributed by atoms with Crippen LogP contribution in [0.25, 0.3) is 0 Å². The van der Waals surface area contributed by atoms with Crippen LogP contribution in [0.2, 0.25) is 0 Å². The number of rotatable bonds is 1. The first-order valence-corrected chi connectivity index (χ1v) is 4.45. The molecular weight excluding hydrogens is 162 g/mol. The van der Waals surface area contributed by atoms with E-state index in [1.807, 2.05) is 24.3 Å². The summed E-state index contributed by atoms with van der Waals surface area (Å²) in [7, 11) is 0. The molecule has 0 saturated heterocycles. The number of aliphatic hydroxyl groups is 1. The van der Waals surface area contributed by atoms with E-state index in [4.69, 9.17) is 10.8 Å². The lowest BCUT2D eigenvalue weighted by Gasteiger charge is -2.19. The smallest absolute Gasteiger partial charge is 0.128 e. The van der Waals surface area contributed by atoms with E-state index in [0.29, 0.717) is 0 Å². The Labute approximate surface area is 79.4 Å². The molecule has 0 fully saturated rings. The molecule has 1 rings (SSSR count). The highest BCUT2D eigenvalue weighted by Gasteiger charge is 2.13. The quantitative estimate of drug-likeness (QED) is 0.647. The van der Waals surface area contributed by atoms with Crippen molar-refractivity contribution in [2.24, 2.45) is 5.73 Å². The minimum absolute atomic E-state index is 0.151. The highest BCUT2D eigenvalue weighted by Crippen LogP contribution is 2.22. The molecule has 1 atom stereocenters. The molecule has 0 bridgehead atoms. The Kier molecular flexibility index (Phi) is 2.74. The summed E-state index contributed by atoms with van der Waals surface area (Å²) in [6, 6.07) is 7.74. The maximum atomic E-state index is 9.10. The Hall–Kier alpha value is -0.860. The van der Waals surface area contributed by atoms with Crippen molar-refractivity contribution in [2.75, 3.05) is 0 Å². The van der Waals surface area contributed by atoms with Gasteiger partial charge in [0.05, 0.1) is 0 Å². The summed E-state index contributed by atoms with van der Waals surface area (Å²) in [6.07, 6.45) is -0.867. The van der Waals surface area contributed by atoms with Crippen LogP contribution in [0.3, 0.4) is 0 Å². The monoisotopic (exact) mass is 179 g/mol. The molecule has 0 saturated carbocycles. The molecule has 2 nitrogen and oxygen atoms in total. The molecule has 1 aromatic carbocycles. The topological polar surface area (TPSA) is 46.2 Å². The molecule has 0 amide bonds. The van der Waals surface area contributed by atoms with Gasteiger partial charge < -0.3 is 10.8 Å². The molecule has 2 heteroatoms. The SMILES string of the molecule is CC(C)(C)c1ccc(C(N)O)cc1. The van der Waals surface area contributed by atoms with Crippen LogP contribution in [-0.2, 0) is 5.41 Å². The number of benzene rings is 1. The summed E-state index contributed by atoms with van der Waals surface area (Å²) >= 11 is 0. The van der Waals surface area contributed by atoms with Crippen LogP contribution >= 0.6 is 0 Å². The van der Waals surface area contributed by atoms with Crippen LogP contribution < -0.4 is 5.73 Å².